The van der Waals surface area contributed by atoms with Gasteiger partial charge in [0.15, 0.2) is 0 Å². The maximum Gasteiger partial charge on any atom is 0.0970 e. The quantitative estimate of drug-likeness (QED) is 0.125. The summed E-state index contributed by atoms with van der Waals surface area (Å²) in [7, 11) is 0. The Morgan fingerprint density at radius 3 is 1.04 bits per heavy atom. The predicted molar refractivity (Wildman–Crippen MR) is 447 cm³/mol. The number of aromatic nitrogens is 8. The van der Waals surface area contributed by atoms with Crippen molar-refractivity contribution in [3.8, 4) is 112 Å². The molecular formula is C100H62N8. The van der Waals surface area contributed by atoms with Gasteiger partial charge in [-0.15, -0.1) is 0 Å². The molecule has 0 saturated carbocycles. The SMILES string of the molecule is c1ccc(-c2cc(-c3ccccc3)cc(-c3ccc4cc(-c5ccc6ccc(-c7ccc(-c8cc9cccnc9c9ncccc89)cc7)nc6c5)ccc4n3)c2)cc1.c1ccc2c(-c3ccc4cc(-c5ccc6ccc(-c7ccc(-c8cc9cccnc9c9ncccc89)cc7)nc6c5)ccc4n3)cccc2c1. The molecule has 108 heavy (non-hydrogen) atoms. The van der Waals surface area contributed by atoms with E-state index in [0.29, 0.717) is 0 Å². The number of rotatable bonds is 10. The Labute approximate surface area is 622 Å². The minimum atomic E-state index is 0.918. The highest BCUT2D eigenvalue weighted by Crippen LogP contribution is 2.40. The zero-order valence-corrected chi connectivity index (χ0v) is 58.4. The average molecular weight is 1380 g/mol. The first kappa shape index (κ1) is 63.1. The highest BCUT2D eigenvalue weighted by molar-refractivity contribution is 6.12. The van der Waals surface area contributed by atoms with Gasteiger partial charge >= 0.3 is 0 Å². The number of hydrogen-bond donors (Lipinski definition) is 0. The van der Waals surface area contributed by atoms with Crippen molar-refractivity contribution < 1.29 is 0 Å². The molecule has 0 bridgehead atoms. The summed E-state index contributed by atoms with van der Waals surface area (Å²) in [5.41, 5.74) is 29.5. The van der Waals surface area contributed by atoms with E-state index in [0.717, 1.165) is 177 Å². The van der Waals surface area contributed by atoms with E-state index in [1.807, 2.05) is 49.1 Å². The van der Waals surface area contributed by atoms with Crippen molar-refractivity contribution in [1.82, 2.24) is 39.9 Å². The van der Waals surface area contributed by atoms with Crippen molar-refractivity contribution in [2.24, 2.45) is 0 Å². The summed E-state index contributed by atoms with van der Waals surface area (Å²) >= 11 is 0. The predicted octanol–water partition coefficient (Wildman–Crippen LogP) is 25.6. The van der Waals surface area contributed by atoms with Gasteiger partial charge < -0.3 is 0 Å². The van der Waals surface area contributed by atoms with Crippen LogP contribution in [0.5, 0.6) is 0 Å². The molecule has 0 aliphatic rings. The molecule has 0 fully saturated rings. The second-order valence-electron chi connectivity index (χ2n) is 27.4. The fourth-order valence-corrected chi connectivity index (χ4v) is 15.3. The lowest BCUT2D eigenvalue weighted by atomic mass is 9.94. The first-order chi connectivity index (χ1) is 53.4. The summed E-state index contributed by atoms with van der Waals surface area (Å²) in [5, 5.41) is 11.2. The fraction of sp³-hybridized carbons (Fsp3) is 0. The van der Waals surface area contributed by atoms with E-state index in [1.54, 1.807) is 0 Å². The summed E-state index contributed by atoms with van der Waals surface area (Å²) in [4.78, 5) is 39.1. The normalized spacial score (nSPS) is 11.5. The Balaban J connectivity index is 0.000000144. The van der Waals surface area contributed by atoms with Gasteiger partial charge in [-0.05, 0) is 193 Å². The third kappa shape index (κ3) is 11.9. The molecule has 0 spiro atoms. The van der Waals surface area contributed by atoms with Gasteiger partial charge in [0, 0.05) is 90.1 Å². The van der Waals surface area contributed by atoms with Crippen LogP contribution in [0.3, 0.4) is 0 Å². The first-order valence-electron chi connectivity index (χ1n) is 36.3. The monoisotopic (exact) mass is 1370 g/mol. The number of nitrogens with zero attached hydrogens (tertiary/aromatic N) is 8. The van der Waals surface area contributed by atoms with Gasteiger partial charge in [-0.1, -0.05) is 237 Å². The van der Waals surface area contributed by atoms with Crippen molar-refractivity contribution >= 4 is 98.0 Å². The summed E-state index contributed by atoms with van der Waals surface area (Å²) < 4.78 is 0. The largest absolute Gasteiger partial charge is 0.254 e. The highest BCUT2D eigenvalue weighted by Gasteiger charge is 2.17. The Hall–Kier alpha value is -14.6. The minimum Gasteiger partial charge on any atom is -0.254 e. The van der Waals surface area contributed by atoms with Crippen molar-refractivity contribution in [3.05, 3.63) is 377 Å². The van der Waals surface area contributed by atoms with Gasteiger partial charge in [0.25, 0.3) is 0 Å². The third-order valence-corrected chi connectivity index (χ3v) is 20.8. The molecule has 0 radical (unpaired) electrons. The molecule has 0 unspecified atom stereocenters. The Morgan fingerprint density at radius 1 is 0.148 bits per heavy atom. The second-order valence-corrected chi connectivity index (χ2v) is 27.4. The van der Waals surface area contributed by atoms with E-state index in [9.17, 15) is 0 Å². The maximum atomic E-state index is 5.18. The number of hydrogen-bond acceptors (Lipinski definition) is 8. The Kier molecular flexibility index (Phi) is 15.7. The summed E-state index contributed by atoms with van der Waals surface area (Å²) in [6, 6.07) is 124. The first-order valence-corrected chi connectivity index (χ1v) is 36.3. The summed E-state index contributed by atoms with van der Waals surface area (Å²) in [6.45, 7) is 0. The number of pyridine rings is 8. The van der Waals surface area contributed by atoms with Gasteiger partial charge in [-0.25, -0.2) is 19.9 Å². The van der Waals surface area contributed by atoms with Crippen LogP contribution in [0, 0.1) is 0 Å². The molecule has 8 aromatic heterocycles. The van der Waals surface area contributed by atoms with Crippen LogP contribution in [-0.2, 0) is 0 Å². The molecule has 0 saturated heterocycles. The van der Waals surface area contributed by atoms with Crippen molar-refractivity contribution in [3.63, 3.8) is 0 Å². The third-order valence-electron chi connectivity index (χ3n) is 20.8. The summed E-state index contributed by atoms with van der Waals surface area (Å²) in [6.07, 6.45) is 7.32. The highest BCUT2D eigenvalue weighted by atomic mass is 14.7. The number of benzene rings is 13. The molecule has 13 aromatic carbocycles. The smallest absolute Gasteiger partial charge is 0.0970 e. The molecule has 0 aliphatic heterocycles. The topological polar surface area (TPSA) is 103 Å². The molecule has 8 nitrogen and oxygen atoms in total. The second kappa shape index (κ2) is 26.9. The number of fused-ring (bicyclic) bond motifs is 11. The zero-order chi connectivity index (χ0) is 71.4. The van der Waals surface area contributed by atoms with E-state index >= 15 is 0 Å². The van der Waals surface area contributed by atoms with Gasteiger partial charge in [-0.2, -0.15) is 0 Å². The lowest BCUT2D eigenvalue weighted by molar-refractivity contribution is 1.37. The zero-order valence-electron chi connectivity index (χ0n) is 58.4. The van der Waals surface area contributed by atoms with Crippen LogP contribution in [0.1, 0.15) is 0 Å². The van der Waals surface area contributed by atoms with Gasteiger partial charge in [0.05, 0.1) is 66.9 Å². The molecule has 0 atom stereocenters. The van der Waals surface area contributed by atoms with E-state index < -0.39 is 0 Å². The molecule has 8 heteroatoms. The van der Waals surface area contributed by atoms with Crippen LogP contribution in [0.2, 0.25) is 0 Å². The average Bonchev–Trinajstić information content (AvgIpc) is 0.757. The van der Waals surface area contributed by atoms with E-state index in [1.165, 1.54) is 33.0 Å². The van der Waals surface area contributed by atoms with E-state index in [2.05, 4.69) is 343 Å². The van der Waals surface area contributed by atoms with Crippen LogP contribution in [0.4, 0.5) is 0 Å². The fourth-order valence-electron chi connectivity index (χ4n) is 15.3. The lowest BCUT2D eigenvalue weighted by Crippen LogP contribution is -1.90. The van der Waals surface area contributed by atoms with Crippen LogP contribution >= 0.6 is 0 Å². The molecular weight excluding hydrogens is 1310 g/mol. The minimum absolute atomic E-state index is 0.918. The van der Waals surface area contributed by atoms with Gasteiger partial charge in [-0.3, -0.25) is 19.9 Å². The standard InChI is InChI=1S/C54H34N4.C46H28N4/c1-3-9-35(10-4-1)44-30-45(36-11-5-2-6-12-36)32-46(31-44)51-26-23-42-29-40(22-25-50(42)57-51)41-20-19-39-21-24-49(58-52(39)34-41)38-17-15-37(16-18-38)48-33-43-13-7-27-55-53(43)54-47(48)14-8-28-56-54;1-2-9-37-29(6-1)7-3-10-38(37)43-23-20-35-26-33(19-22-42(35)49-43)34-17-16-32-18-21-41(50-44(32)28-34)31-14-12-30(13-15-31)40-27-36-8-4-24-47-45(36)46-39(40)11-5-25-48-46/h1-34H;1-28H. The van der Waals surface area contributed by atoms with Crippen molar-refractivity contribution in [2.75, 3.05) is 0 Å². The Morgan fingerprint density at radius 2 is 0.509 bits per heavy atom. The lowest BCUT2D eigenvalue weighted by Gasteiger charge is -2.12. The van der Waals surface area contributed by atoms with Gasteiger partial charge in [0.2, 0.25) is 0 Å². The van der Waals surface area contributed by atoms with Crippen molar-refractivity contribution in [1.29, 1.82) is 0 Å². The molecule has 0 amide bonds. The van der Waals surface area contributed by atoms with E-state index in [-0.39, 0.29) is 0 Å². The molecule has 21 aromatic rings. The van der Waals surface area contributed by atoms with Crippen molar-refractivity contribution in [2.45, 2.75) is 0 Å². The molecule has 8 heterocycles. The summed E-state index contributed by atoms with van der Waals surface area (Å²) in [5.74, 6) is 0. The van der Waals surface area contributed by atoms with E-state index in [4.69, 9.17) is 24.9 Å². The molecule has 21 rings (SSSR count). The van der Waals surface area contributed by atoms with Crippen LogP contribution < -0.4 is 0 Å². The maximum absolute atomic E-state index is 5.18. The Bertz CT molecular complexity index is 7040. The van der Waals surface area contributed by atoms with Gasteiger partial charge in [0.1, 0.15) is 0 Å². The molecule has 0 aliphatic carbocycles. The molecule has 0 N–H and O–H groups in total. The van der Waals surface area contributed by atoms with Crippen LogP contribution in [-0.4, -0.2) is 39.9 Å². The molecule has 502 valence electrons. The van der Waals surface area contributed by atoms with Crippen LogP contribution in [0.25, 0.3) is 210 Å². The van der Waals surface area contributed by atoms with Crippen LogP contribution in [0.15, 0.2) is 377 Å².